The van der Waals surface area contributed by atoms with Gasteiger partial charge in [-0.3, -0.25) is 4.79 Å². The van der Waals surface area contributed by atoms with Crippen LogP contribution in [-0.4, -0.2) is 34.0 Å². The highest BCUT2D eigenvalue weighted by molar-refractivity contribution is 5.90. The minimum absolute atomic E-state index is 0.0694. The van der Waals surface area contributed by atoms with Crippen LogP contribution in [0.25, 0.3) is 16.6 Å². The van der Waals surface area contributed by atoms with Crippen LogP contribution in [0.3, 0.4) is 0 Å². The van der Waals surface area contributed by atoms with Gasteiger partial charge in [-0.1, -0.05) is 13.8 Å². The van der Waals surface area contributed by atoms with Gasteiger partial charge in [-0.25, -0.2) is 4.39 Å². The number of hydrogen-bond acceptors (Lipinski definition) is 3. The number of carboxylic acid groups (broad SMARTS) is 1. The third-order valence-electron chi connectivity index (χ3n) is 5.74. The molecule has 2 heterocycles. The maximum atomic E-state index is 13.9. The molecule has 3 aromatic rings. The molecule has 1 aliphatic heterocycles. The minimum atomic E-state index is -0.888. The second kappa shape index (κ2) is 7.19. The lowest BCUT2D eigenvalue weighted by Gasteiger charge is -2.20. The van der Waals surface area contributed by atoms with E-state index < -0.39 is 11.9 Å². The second-order valence-electron chi connectivity index (χ2n) is 8.01. The molecule has 0 saturated carbocycles. The number of phenolic OH excluding ortho intramolecular Hbond substituents is 1. The summed E-state index contributed by atoms with van der Waals surface area (Å²) >= 11 is 0. The van der Waals surface area contributed by atoms with Crippen molar-refractivity contribution < 1.29 is 24.1 Å². The number of carboxylic acids is 1. The van der Waals surface area contributed by atoms with Gasteiger partial charge in [-0.05, 0) is 60.4 Å². The number of aliphatic carboxylic acids is 1. The van der Waals surface area contributed by atoms with Crippen LogP contribution < -0.4 is 0 Å². The van der Waals surface area contributed by atoms with Gasteiger partial charge in [0.2, 0.25) is 0 Å². The van der Waals surface area contributed by atoms with E-state index >= 15 is 0 Å². The summed E-state index contributed by atoms with van der Waals surface area (Å²) < 4.78 is 21.5. The molecule has 0 aliphatic carbocycles. The van der Waals surface area contributed by atoms with Crippen molar-refractivity contribution >= 4 is 16.9 Å². The van der Waals surface area contributed by atoms with Crippen molar-refractivity contribution in [2.24, 2.45) is 5.92 Å². The highest BCUT2D eigenvalue weighted by atomic mass is 19.1. The molecule has 0 bridgehead atoms. The van der Waals surface area contributed by atoms with Gasteiger partial charge in [0.25, 0.3) is 0 Å². The number of rotatable bonds is 4. The Hall–Kier alpha value is -2.86. The maximum Gasteiger partial charge on any atom is 0.309 e. The number of ether oxygens (including phenoxy) is 1. The number of halogens is 1. The Balaban J connectivity index is 2.07. The molecule has 1 fully saturated rings. The number of hydrogen-bond donors (Lipinski definition) is 2. The lowest BCUT2D eigenvalue weighted by Crippen LogP contribution is -2.21. The number of carbonyl (C=O) groups is 1. The van der Waals surface area contributed by atoms with Crippen LogP contribution >= 0.6 is 0 Å². The second-order valence-corrected chi connectivity index (χ2v) is 8.01. The molecule has 29 heavy (non-hydrogen) atoms. The molecule has 2 aromatic carbocycles. The third kappa shape index (κ3) is 3.17. The highest BCUT2D eigenvalue weighted by Gasteiger charge is 2.39. The molecule has 0 amide bonds. The fourth-order valence-corrected chi connectivity index (χ4v) is 4.41. The fourth-order valence-electron chi connectivity index (χ4n) is 4.41. The zero-order valence-corrected chi connectivity index (χ0v) is 16.6. The number of aryl methyl sites for hydroxylation is 1. The number of fused-ring (bicyclic) bond motifs is 1. The first-order chi connectivity index (χ1) is 13.8. The summed E-state index contributed by atoms with van der Waals surface area (Å²) in [5.41, 5.74) is 4.03. The highest BCUT2D eigenvalue weighted by Crippen LogP contribution is 2.44. The topological polar surface area (TPSA) is 71.7 Å². The molecule has 2 N–H and O–H groups in total. The zero-order chi connectivity index (χ0) is 20.9. The van der Waals surface area contributed by atoms with Crippen molar-refractivity contribution in [3.05, 3.63) is 59.0 Å². The summed E-state index contributed by atoms with van der Waals surface area (Å²) in [4.78, 5) is 11.9. The van der Waals surface area contributed by atoms with E-state index in [0.717, 1.165) is 27.8 Å². The van der Waals surface area contributed by atoms with E-state index in [0.29, 0.717) is 12.2 Å². The van der Waals surface area contributed by atoms with Gasteiger partial charge in [0.05, 0.1) is 24.6 Å². The fraction of sp³-hybridized carbons (Fsp3) is 0.348. The van der Waals surface area contributed by atoms with E-state index in [1.54, 1.807) is 31.2 Å². The molecule has 6 heteroatoms. The van der Waals surface area contributed by atoms with E-state index in [2.05, 4.69) is 18.4 Å². The minimum Gasteiger partial charge on any atom is -0.508 e. The Morgan fingerprint density at radius 3 is 2.62 bits per heavy atom. The van der Waals surface area contributed by atoms with E-state index in [9.17, 15) is 19.4 Å². The summed E-state index contributed by atoms with van der Waals surface area (Å²) in [5, 5.41) is 20.7. The van der Waals surface area contributed by atoms with E-state index in [4.69, 9.17) is 4.74 Å². The molecule has 0 spiro atoms. The molecule has 1 aliphatic rings. The standard InChI is InChI=1S/C23H24FNO4/c1-12(2)22-21(17-10-29-11-18(17)23(27)28)16-9-15(26)5-7-20(16)25(22)14-4-6-19(24)13(3)8-14/h4-9,12,17-18,26H,10-11H2,1-3H3,(H,27,28)/t17-,18-/m1/s1. The van der Waals surface area contributed by atoms with Gasteiger partial charge in [0, 0.05) is 22.7 Å². The Labute approximate surface area is 168 Å². The normalized spacial score (nSPS) is 19.3. The maximum absolute atomic E-state index is 13.9. The SMILES string of the molecule is Cc1cc(-n2c(C(C)C)c([C@@H]3COC[C@H]3C(=O)O)c3cc(O)ccc32)ccc1F. The number of phenols is 1. The van der Waals surface area contributed by atoms with Crippen LogP contribution in [0.5, 0.6) is 5.75 Å². The monoisotopic (exact) mass is 397 g/mol. The number of aromatic nitrogens is 1. The number of nitrogens with zero attached hydrogens (tertiary/aromatic N) is 1. The van der Waals surface area contributed by atoms with Gasteiger partial charge >= 0.3 is 5.97 Å². The van der Waals surface area contributed by atoms with Crippen LogP contribution in [0.1, 0.15) is 42.5 Å². The van der Waals surface area contributed by atoms with Crippen molar-refractivity contribution in [1.29, 1.82) is 0 Å². The summed E-state index contributed by atoms with van der Waals surface area (Å²) in [6, 6.07) is 10.1. The predicted molar refractivity (Wildman–Crippen MR) is 108 cm³/mol. The number of benzene rings is 2. The van der Waals surface area contributed by atoms with E-state index in [1.807, 2.05) is 6.07 Å². The largest absolute Gasteiger partial charge is 0.508 e. The lowest BCUT2D eigenvalue weighted by atomic mass is 9.85. The average Bonchev–Trinajstić information content (AvgIpc) is 3.26. The van der Waals surface area contributed by atoms with Crippen LogP contribution in [0, 0.1) is 18.7 Å². The van der Waals surface area contributed by atoms with Gasteiger partial charge in [-0.2, -0.15) is 0 Å². The van der Waals surface area contributed by atoms with Gasteiger partial charge in [0.15, 0.2) is 0 Å². The van der Waals surface area contributed by atoms with Crippen molar-refractivity contribution in [1.82, 2.24) is 4.57 Å². The van der Waals surface area contributed by atoms with Crippen molar-refractivity contribution in [2.75, 3.05) is 13.2 Å². The van der Waals surface area contributed by atoms with Crippen molar-refractivity contribution in [2.45, 2.75) is 32.6 Å². The van der Waals surface area contributed by atoms with Gasteiger partial charge in [-0.15, -0.1) is 0 Å². The van der Waals surface area contributed by atoms with E-state index in [1.165, 1.54) is 6.07 Å². The lowest BCUT2D eigenvalue weighted by molar-refractivity contribution is -0.142. The Bertz CT molecular complexity index is 1100. The molecule has 5 nitrogen and oxygen atoms in total. The molecule has 1 aromatic heterocycles. The average molecular weight is 397 g/mol. The molecule has 4 rings (SSSR count). The Morgan fingerprint density at radius 2 is 1.97 bits per heavy atom. The van der Waals surface area contributed by atoms with Crippen molar-refractivity contribution in [3.8, 4) is 11.4 Å². The Morgan fingerprint density at radius 1 is 1.21 bits per heavy atom. The van der Waals surface area contributed by atoms with Crippen LogP contribution in [0.2, 0.25) is 0 Å². The van der Waals surface area contributed by atoms with Gasteiger partial charge in [0.1, 0.15) is 11.6 Å². The molecular weight excluding hydrogens is 373 g/mol. The molecule has 0 radical (unpaired) electrons. The zero-order valence-electron chi connectivity index (χ0n) is 16.6. The van der Waals surface area contributed by atoms with E-state index in [-0.39, 0.29) is 30.0 Å². The quantitative estimate of drug-likeness (QED) is 0.668. The summed E-state index contributed by atoms with van der Waals surface area (Å²) in [5.74, 6) is -1.95. The van der Waals surface area contributed by atoms with Crippen LogP contribution in [-0.2, 0) is 9.53 Å². The Kier molecular flexibility index (Phi) is 4.82. The summed E-state index contributed by atoms with van der Waals surface area (Å²) in [7, 11) is 0. The summed E-state index contributed by atoms with van der Waals surface area (Å²) in [6.07, 6.45) is 0. The van der Waals surface area contributed by atoms with Gasteiger partial charge < -0.3 is 19.5 Å². The molecular formula is C23H24FNO4. The third-order valence-corrected chi connectivity index (χ3v) is 5.74. The van der Waals surface area contributed by atoms with Crippen LogP contribution in [0.4, 0.5) is 4.39 Å². The van der Waals surface area contributed by atoms with Crippen molar-refractivity contribution in [3.63, 3.8) is 0 Å². The molecule has 2 atom stereocenters. The molecule has 1 saturated heterocycles. The first kappa shape index (κ1) is 19.5. The predicted octanol–water partition coefficient (Wildman–Crippen LogP) is 4.72. The molecule has 152 valence electrons. The number of aromatic hydroxyl groups is 1. The first-order valence-corrected chi connectivity index (χ1v) is 9.74. The first-order valence-electron chi connectivity index (χ1n) is 9.74. The summed E-state index contributed by atoms with van der Waals surface area (Å²) in [6.45, 7) is 6.30. The molecule has 0 unspecified atom stereocenters. The van der Waals surface area contributed by atoms with Crippen LogP contribution in [0.15, 0.2) is 36.4 Å². The smallest absolute Gasteiger partial charge is 0.309 e.